The lowest BCUT2D eigenvalue weighted by atomic mass is 10.3. The van der Waals surface area contributed by atoms with Crippen LogP contribution in [0, 0.1) is 6.92 Å². The van der Waals surface area contributed by atoms with Gasteiger partial charge in [-0.25, -0.2) is 4.52 Å². The Morgan fingerprint density at radius 3 is 2.95 bits per heavy atom. The van der Waals surface area contributed by atoms with Gasteiger partial charge in [-0.15, -0.1) is 10.2 Å². The van der Waals surface area contributed by atoms with Crippen LogP contribution in [0.1, 0.15) is 11.5 Å². The van der Waals surface area contributed by atoms with E-state index in [2.05, 4.69) is 20.0 Å². The zero-order valence-electron chi connectivity index (χ0n) is 10.7. The van der Waals surface area contributed by atoms with Crippen LogP contribution in [0.3, 0.4) is 0 Å². The van der Waals surface area contributed by atoms with Gasteiger partial charge in [0.25, 0.3) is 11.3 Å². The molecule has 0 fully saturated rings. The molecule has 1 aromatic carbocycles. The fourth-order valence-corrected chi connectivity index (χ4v) is 2.37. The predicted molar refractivity (Wildman–Crippen MR) is 74.1 cm³/mol. The van der Waals surface area contributed by atoms with Gasteiger partial charge in [0.05, 0.1) is 6.54 Å². The average Bonchev–Trinajstić information content (AvgIpc) is 2.97. The highest BCUT2D eigenvalue weighted by molar-refractivity contribution is 7.78. The van der Waals surface area contributed by atoms with E-state index in [1.807, 2.05) is 31.2 Å². The van der Waals surface area contributed by atoms with Crippen molar-refractivity contribution >= 4 is 16.9 Å². The minimum absolute atomic E-state index is 0.278. The summed E-state index contributed by atoms with van der Waals surface area (Å²) in [5.41, 5.74) is 1.71. The summed E-state index contributed by atoms with van der Waals surface area (Å²) in [7, 11) is 0. The number of aromatic nitrogens is 4. The summed E-state index contributed by atoms with van der Waals surface area (Å²) in [6, 6.07) is 10.9. The first-order valence-corrected chi connectivity index (χ1v) is 7.08. The molecule has 7 nitrogen and oxygen atoms in total. The Balaban J connectivity index is 1.63. The fraction of sp³-hybridized carbons (Fsp3) is 0.167. The molecule has 20 heavy (non-hydrogen) atoms. The molecular weight excluding hydrogens is 278 g/mol. The maximum Gasteiger partial charge on any atom is 0.288 e. The molecule has 3 rings (SSSR count). The number of hydrogen-bond donors (Lipinski definition) is 2. The maximum absolute atomic E-state index is 11.8. The van der Waals surface area contributed by atoms with Gasteiger partial charge in [0, 0.05) is 11.8 Å². The van der Waals surface area contributed by atoms with Gasteiger partial charge in [0.1, 0.15) is 5.75 Å². The molecule has 0 aliphatic rings. The van der Waals surface area contributed by atoms with E-state index < -0.39 is 11.3 Å². The van der Waals surface area contributed by atoms with Crippen molar-refractivity contribution in [3.05, 3.63) is 47.9 Å². The molecule has 3 aromatic rings. The van der Waals surface area contributed by atoms with Gasteiger partial charge in [0.2, 0.25) is 0 Å². The lowest BCUT2D eigenvalue weighted by Crippen LogP contribution is -2.22. The third kappa shape index (κ3) is 2.70. The molecule has 0 bridgehead atoms. The molecule has 0 saturated heterocycles. The fourth-order valence-electron chi connectivity index (χ4n) is 1.78. The Bertz CT molecular complexity index is 737. The molecule has 0 aliphatic heterocycles. The van der Waals surface area contributed by atoms with Gasteiger partial charge >= 0.3 is 0 Å². The van der Waals surface area contributed by atoms with Crippen LogP contribution in [-0.2, 0) is 17.8 Å². The van der Waals surface area contributed by atoms with E-state index in [9.17, 15) is 4.21 Å². The summed E-state index contributed by atoms with van der Waals surface area (Å²) in [4.78, 5) is 0. The van der Waals surface area contributed by atoms with Gasteiger partial charge in [-0.1, -0.05) is 18.2 Å². The van der Waals surface area contributed by atoms with Gasteiger partial charge in [-0.3, -0.25) is 5.10 Å². The predicted octanol–water partition coefficient (Wildman–Crippen LogP) is 1.11. The zero-order chi connectivity index (χ0) is 13.9. The number of rotatable bonds is 5. The van der Waals surface area contributed by atoms with Crippen molar-refractivity contribution in [2.45, 2.75) is 13.5 Å². The first-order valence-electron chi connectivity index (χ1n) is 6.00. The lowest BCUT2D eigenvalue weighted by Gasteiger charge is -2.04. The summed E-state index contributed by atoms with van der Waals surface area (Å²) >= 11 is -1.64. The molecule has 104 valence electrons. The van der Waals surface area contributed by atoms with Crippen LogP contribution in [0.25, 0.3) is 5.65 Å². The molecule has 0 spiro atoms. The number of aryl methyl sites for hydroxylation is 1. The van der Waals surface area contributed by atoms with Gasteiger partial charge in [-0.2, -0.15) is 8.93 Å². The van der Waals surface area contributed by atoms with Crippen LogP contribution in [0.4, 0.5) is 0 Å². The summed E-state index contributed by atoms with van der Waals surface area (Å²) in [6.07, 6.45) is 0. The Morgan fingerprint density at radius 2 is 2.15 bits per heavy atom. The van der Waals surface area contributed by atoms with Crippen molar-refractivity contribution in [2.24, 2.45) is 0 Å². The topological polar surface area (TPSA) is 84.3 Å². The van der Waals surface area contributed by atoms with Crippen molar-refractivity contribution in [1.29, 1.82) is 0 Å². The summed E-state index contributed by atoms with van der Waals surface area (Å²) in [6.45, 7) is 2.21. The van der Waals surface area contributed by atoms with Crippen molar-refractivity contribution in [2.75, 3.05) is 0 Å². The smallest absolute Gasteiger partial charge is 0.288 e. The second-order valence-electron chi connectivity index (χ2n) is 4.20. The number of aromatic amines is 1. The molecule has 0 radical (unpaired) electrons. The van der Waals surface area contributed by atoms with Crippen LogP contribution >= 0.6 is 0 Å². The summed E-state index contributed by atoms with van der Waals surface area (Å²) < 4.78 is 21.5. The second kappa shape index (κ2) is 5.43. The van der Waals surface area contributed by atoms with E-state index in [0.29, 0.717) is 11.6 Å². The van der Waals surface area contributed by atoms with E-state index in [1.165, 1.54) is 0 Å². The van der Waals surface area contributed by atoms with Crippen LogP contribution in [-0.4, -0.2) is 24.0 Å². The molecule has 0 amide bonds. The quantitative estimate of drug-likeness (QED) is 0.737. The first-order chi connectivity index (χ1) is 9.72. The van der Waals surface area contributed by atoms with Crippen LogP contribution in [0.5, 0.6) is 5.75 Å². The molecule has 0 saturated carbocycles. The minimum Gasteiger partial charge on any atom is -0.389 e. The maximum atomic E-state index is 11.8. The van der Waals surface area contributed by atoms with Gasteiger partial charge in [0.15, 0.2) is 11.5 Å². The van der Waals surface area contributed by atoms with Crippen LogP contribution < -0.4 is 8.91 Å². The van der Waals surface area contributed by atoms with E-state index in [-0.39, 0.29) is 6.54 Å². The number of nitrogens with one attached hydrogen (secondary N) is 2. The molecule has 1 unspecified atom stereocenters. The van der Waals surface area contributed by atoms with Crippen LogP contribution in [0.2, 0.25) is 0 Å². The summed E-state index contributed by atoms with van der Waals surface area (Å²) in [5, 5.41) is 11.1. The zero-order valence-corrected chi connectivity index (χ0v) is 11.6. The lowest BCUT2D eigenvalue weighted by molar-refractivity contribution is 0.545. The average molecular weight is 291 g/mol. The highest BCUT2D eigenvalue weighted by Crippen LogP contribution is 2.09. The van der Waals surface area contributed by atoms with Gasteiger partial charge < -0.3 is 4.18 Å². The number of H-pyrrole nitrogens is 1. The molecule has 2 N–H and O–H groups in total. The third-order valence-electron chi connectivity index (χ3n) is 2.65. The Kier molecular flexibility index (Phi) is 3.48. The number of fused-ring (bicyclic) bond motifs is 1. The van der Waals surface area contributed by atoms with E-state index in [0.717, 1.165) is 11.3 Å². The molecule has 1 atom stereocenters. The standard InChI is InChI=1S/C12H13N5O2S/c1-9-7-11-14-15-12(17(11)16-9)8-13-20(18)19-10-5-3-2-4-6-10/h2-7,13,16H,8H2,1H3. The Hall–Kier alpha value is -2.19. The molecule has 0 aliphatic carbocycles. The third-order valence-corrected chi connectivity index (χ3v) is 3.38. The Labute approximate surface area is 117 Å². The SMILES string of the molecule is Cc1cc2nnc(CNS(=O)Oc3ccccc3)n2[nH]1. The molecule has 8 heteroatoms. The molecular formula is C12H13N5O2S. The normalized spacial score (nSPS) is 12.7. The van der Waals surface area contributed by atoms with E-state index in [1.54, 1.807) is 16.6 Å². The van der Waals surface area contributed by atoms with Crippen molar-refractivity contribution in [1.82, 2.24) is 24.5 Å². The Morgan fingerprint density at radius 1 is 1.35 bits per heavy atom. The van der Waals surface area contributed by atoms with E-state index in [4.69, 9.17) is 4.18 Å². The monoisotopic (exact) mass is 291 g/mol. The first kappa shape index (κ1) is 12.8. The van der Waals surface area contributed by atoms with Crippen molar-refractivity contribution in [3.8, 4) is 5.75 Å². The molecule has 2 aromatic heterocycles. The largest absolute Gasteiger partial charge is 0.389 e. The van der Waals surface area contributed by atoms with Crippen LogP contribution in [0.15, 0.2) is 36.4 Å². The second-order valence-corrected chi connectivity index (χ2v) is 5.13. The summed E-state index contributed by atoms with van der Waals surface area (Å²) in [5.74, 6) is 1.18. The number of hydrogen-bond acceptors (Lipinski definition) is 4. The highest BCUT2D eigenvalue weighted by Gasteiger charge is 2.09. The number of benzene rings is 1. The molecule has 2 heterocycles. The van der Waals surface area contributed by atoms with Crippen molar-refractivity contribution < 1.29 is 8.39 Å². The van der Waals surface area contributed by atoms with Crippen molar-refractivity contribution in [3.63, 3.8) is 0 Å². The number of para-hydroxylation sites is 1. The van der Waals surface area contributed by atoms with Gasteiger partial charge in [-0.05, 0) is 19.1 Å². The van der Waals surface area contributed by atoms with E-state index >= 15 is 0 Å². The highest BCUT2D eigenvalue weighted by atomic mass is 32.2. The number of nitrogens with zero attached hydrogens (tertiary/aromatic N) is 3. The minimum atomic E-state index is -1.64.